The van der Waals surface area contributed by atoms with E-state index in [2.05, 4.69) is 33.8 Å². The predicted molar refractivity (Wildman–Crippen MR) is 71.4 cm³/mol. The lowest BCUT2D eigenvalue weighted by molar-refractivity contribution is 0.557. The lowest BCUT2D eigenvalue weighted by Gasteiger charge is -2.17. The third-order valence-electron chi connectivity index (χ3n) is 3.57. The average Bonchev–Trinajstić information content (AvgIpc) is 2.83. The predicted octanol–water partition coefficient (Wildman–Crippen LogP) is 1.27. The molecule has 0 aromatic carbocycles. The molecule has 18 heavy (non-hydrogen) atoms. The molecule has 0 aliphatic carbocycles. The molecule has 0 radical (unpaired) electrons. The second-order valence-corrected chi connectivity index (χ2v) is 4.71. The van der Waals surface area contributed by atoms with Crippen LogP contribution in [-0.2, 0) is 20.5 Å². The van der Waals surface area contributed by atoms with Crippen LogP contribution in [0.1, 0.15) is 28.8 Å². The maximum absolute atomic E-state index is 4.48. The molecule has 0 amide bonds. The van der Waals surface area contributed by atoms with Crippen LogP contribution in [0, 0.1) is 13.8 Å². The molecule has 1 N–H and O–H groups in total. The molecule has 0 fully saturated rings. The van der Waals surface area contributed by atoms with E-state index in [-0.39, 0.29) is 6.04 Å². The number of likely N-dealkylation sites (N-methyl/N-ethyl adjacent to an activating group) is 1. The van der Waals surface area contributed by atoms with E-state index in [1.807, 2.05) is 38.2 Å². The maximum atomic E-state index is 4.48. The van der Waals surface area contributed by atoms with Crippen LogP contribution in [0.2, 0.25) is 0 Å². The van der Waals surface area contributed by atoms with E-state index in [0.717, 1.165) is 17.9 Å². The minimum Gasteiger partial charge on any atom is -0.338 e. The van der Waals surface area contributed by atoms with Gasteiger partial charge in [-0.3, -0.25) is 4.68 Å². The molecule has 2 heterocycles. The van der Waals surface area contributed by atoms with Gasteiger partial charge >= 0.3 is 0 Å². The molecule has 5 nitrogen and oxygen atoms in total. The third kappa shape index (κ3) is 2.18. The molecular formula is C13H21N5. The number of imidazole rings is 1. The standard InChI is InChI=1S/C13H21N5/c1-9-13(10(2)18(5)16-9)11(14-3)8-12-15-6-7-17(12)4/h6-7,11,14H,8H2,1-5H3. The fraction of sp³-hybridized carbons (Fsp3) is 0.538. The molecule has 0 saturated heterocycles. The molecule has 0 aliphatic heterocycles. The van der Waals surface area contributed by atoms with Gasteiger partial charge in [0.1, 0.15) is 5.82 Å². The number of hydrogen-bond acceptors (Lipinski definition) is 3. The average molecular weight is 247 g/mol. The van der Waals surface area contributed by atoms with Crippen molar-refractivity contribution in [1.29, 1.82) is 0 Å². The molecule has 0 aliphatic rings. The number of nitrogens with zero attached hydrogens (tertiary/aromatic N) is 4. The van der Waals surface area contributed by atoms with Crippen LogP contribution in [0.15, 0.2) is 12.4 Å². The Hall–Kier alpha value is -1.62. The lowest BCUT2D eigenvalue weighted by atomic mass is 10.0. The monoisotopic (exact) mass is 247 g/mol. The number of hydrogen-bond donors (Lipinski definition) is 1. The maximum Gasteiger partial charge on any atom is 0.110 e. The Balaban J connectivity index is 2.31. The van der Waals surface area contributed by atoms with Gasteiger partial charge in [-0.05, 0) is 20.9 Å². The van der Waals surface area contributed by atoms with Crippen LogP contribution in [0.4, 0.5) is 0 Å². The summed E-state index contributed by atoms with van der Waals surface area (Å²) in [4.78, 5) is 4.39. The minimum atomic E-state index is 0.250. The molecule has 2 rings (SSSR count). The molecule has 5 heteroatoms. The molecule has 2 aromatic heterocycles. The summed E-state index contributed by atoms with van der Waals surface area (Å²) in [6.45, 7) is 4.17. The number of rotatable bonds is 4. The van der Waals surface area contributed by atoms with Gasteiger partial charge in [-0.15, -0.1) is 0 Å². The van der Waals surface area contributed by atoms with Crippen LogP contribution in [-0.4, -0.2) is 26.4 Å². The van der Waals surface area contributed by atoms with Crippen LogP contribution >= 0.6 is 0 Å². The van der Waals surface area contributed by atoms with Crippen LogP contribution in [0.5, 0.6) is 0 Å². The van der Waals surface area contributed by atoms with Gasteiger partial charge in [0.25, 0.3) is 0 Å². The van der Waals surface area contributed by atoms with E-state index in [4.69, 9.17) is 0 Å². The van der Waals surface area contributed by atoms with Crippen LogP contribution in [0.25, 0.3) is 0 Å². The summed E-state index contributed by atoms with van der Waals surface area (Å²) >= 11 is 0. The first-order chi connectivity index (χ1) is 8.54. The molecule has 0 spiro atoms. The van der Waals surface area contributed by atoms with Crippen LogP contribution < -0.4 is 5.32 Å². The number of aryl methyl sites for hydroxylation is 3. The highest BCUT2D eigenvalue weighted by Crippen LogP contribution is 2.23. The quantitative estimate of drug-likeness (QED) is 0.885. The summed E-state index contributed by atoms with van der Waals surface area (Å²) in [6.07, 6.45) is 4.68. The first-order valence-corrected chi connectivity index (χ1v) is 6.18. The van der Waals surface area contributed by atoms with Crippen molar-refractivity contribution in [2.24, 2.45) is 14.1 Å². The van der Waals surface area contributed by atoms with Crippen molar-refractivity contribution in [3.05, 3.63) is 35.2 Å². The first-order valence-electron chi connectivity index (χ1n) is 6.18. The Bertz CT molecular complexity index is 538. The van der Waals surface area contributed by atoms with Gasteiger partial charge < -0.3 is 9.88 Å². The van der Waals surface area contributed by atoms with E-state index < -0.39 is 0 Å². The van der Waals surface area contributed by atoms with Crippen molar-refractivity contribution in [3.8, 4) is 0 Å². The summed E-state index contributed by atoms with van der Waals surface area (Å²) < 4.78 is 4.00. The van der Waals surface area contributed by atoms with E-state index in [0.29, 0.717) is 0 Å². The zero-order chi connectivity index (χ0) is 13.3. The van der Waals surface area contributed by atoms with Gasteiger partial charge in [0.15, 0.2) is 0 Å². The van der Waals surface area contributed by atoms with Gasteiger partial charge in [-0.2, -0.15) is 5.10 Å². The Morgan fingerprint density at radius 3 is 2.50 bits per heavy atom. The molecule has 98 valence electrons. The molecule has 1 atom stereocenters. The van der Waals surface area contributed by atoms with E-state index in [9.17, 15) is 0 Å². The lowest BCUT2D eigenvalue weighted by Crippen LogP contribution is -2.21. The normalized spacial score (nSPS) is 12.9. The molecular weight excluding hydrogens is 226 g/mol. The summed E-state index contributed by atoms with van der Waals surface area (Å²) in [7, 11) is 6.00. The highest BCUT2D eigenvalue weighted by molar-refractivity contribution is 5.29. The Kier molecular flexibility index (Phi) is 3.52. The van der Waals surface area contributed by atoms with Crippen LogP contribution in [0.3, 0.4) is 0 Å². The first kappa shape index (κ1) is 12.8. The molecule has 0 saturated carbocycles. The molecule has 1 unspecified atom stereocenters. The molecule has 0 bridgehead atoms. The largest absolute Gasteiger partial charge is 0.338 e. The van der Waals surface area contributed by atoms with Gasteiger partial charge in [0.2, 0.25) is 0 Å². The Morgan fingerprint density at radius 1 is 1.33 bits per heavy atom. The van der Waals surface area contributed by atoms with Gasteiger partial charge in [0, 0.05) is 50.2 Å². The molecule has 2 aromatic rings. The highest BCUT2D eigenvalue weighted by Gasteiger charge is 2.20. The third-order valence-corrected chi connectivity index (χ3v) is 3.57. The smallest absolute Gasteiger partial charge is 0.110 e. The van der Waals surface area contributed by atoms with E-state index >= 15 is 0 Å². The SMILES string of the molecule is CNC(Cc1nccn1C)c1c(C)nn(C)c1C. The fourth-order valence-electron chi connectivity index (χ4n) is 2.42. The summed E-state index contributed by atoms with van der Waals surface area (Å²) in [6, 6.07) is 0.250. The van der Waals surface area contributed by atoms with Crippen molar-refractivity contribution >= 4 is 0 Å². The summed E-state index contributed by atoms with van der Waals surface area (Å²) in [5.74, 6) is 1.08. The number of nitrogens with one attached hydrogen (secondary N) is 1. The summed E-state index contributed by atoms with van der Waals surface area (Å²) in [5.41, 5.74) is 3.58. The fourth-order valence-corrected chi connectivity index (χ4v) is 2.42. The second-order valence-electron chi connectivity index (χ2n) is 4.71. The van der Waals surface area contributed by atoms with E-state index in [1.54, 1.807) is 0 Å². The van der Waals surface area contributed by atoms with Crippen molar-refractivity contribution in [2.75, 3.05) is 7.05 Å². The minimum absolute atomic E-state index is 0.250. The highest BCUT2D eigenvalue weighted by atomic mass is 15.3. The van der Waals surface area contributed by atoms with Crippen molar-refractivity contribution < 1.29 is 0 Å². The van der Waals surface area contributed by atoms with Gasteiger partial charge in [-0.1, -0.05) is 0 Å². The van der Waals surface area contributed by atoms with Crippen molar-refractivity contribution in [2.45, 2.75) is 26.3 Å². The van der Waals surface area contributed by atoms with Crippen molar-refractivity contribution in [3.63, 3.8) is 0 Å². The summed E-state index contributed by atoms with van der Waals surface area (Å²) in [5, 5.41) is 7.85. The Morgan fingerprint density at radius 2 is 2.06 bits per heavy atom. The number of aromatic nitrogens is 4. The zero-order valence-electron chi connectivity index (χ0n) is 11.7. The topological polar surface area (TPSA) is 47.7 Å². The zero-order valence-corrected chi connectivity index (χ0v) is 11.7. The van der Waals surface area contributed by atoms with Crippen molar-refractivity contribution in [1.82, 2.24) is 24.6 Å². The van der Waals surface area contributed by atoms with Gasteiger partial charge in [0.05, 0.1) is 5.69 Å². The second kappa shape index (κ2) is 4.94. The van der Waals surface area contributed by atoms with Gasteiger partial charge in [-0.25, -0.2) is 4.98 Å². The Labute approximate surface area is 108 Å². The van der Waals surface area contributed by atoms with E-state index in [1.165, 1.54) is 11.3 Å².